The van der Waals surface area contributed by atoms with E-state index in [-0.39, 0.29) is 44.5 Å². The van der Waals surface area contributed by atoms with Crippen molar-refractivity contribution in [2.24, 2.45) is 11.8 Å². The molecule has 0 aromatic rings. The molecule has 0 amide bonds. The van der Waals surface area contributed by atoms with E-state index in [0.717, 1.165) is 64.2 Å². The van der Waals surface area contributed by atoms with Gasteiger partial charge in [-0.3, -0.25) is 18.9 Å². The summed E-state index contributed by atoms with van der Waals surface area (Å²) >= 11 is 0. The van der Waals surface area contributed by atoms with Crippen LogP contribution >= 0.6 is 7.82 Å². The Hall–Kier alpha value is -2.48. The standard InChI is InChI=1S/C48H84NO12P/c1-6-8-10-11-12-13-14-15-16-17-18-19-20-21-22-23-25-30-47(54)58-38-42(39-60-62(56,57)59-35-34-49(3,4)5)61-48(55)31-27-26-29-41(51)36-44-43(45(52)37-46(44)53)33-32-40(50)28-24-9-7-2/h12-13,15-16,18-19,32-33,40,42-46,50,52-53H,6-11,14,17,20-31,34-39H2,1-5H3/b13-12-,16-15-,19-18-,33-32+/t40-,42+,43+,44+,45+,46-/m0/s1. The molecule has 0 bridgehead atoms. The summed E-state index contributed by atoms with van der Waals surface area (Å²) in [6, 6.07) is 0. The number of Topliss-reactive ketones (excluding diaryl/α,β-unsaturated/α-hetero) is 1. The number of phosphoric acid groups is 1. The second kappa shape index (κ2) is 34.9. The van der Waals surface area contributed by atoms with Crippen LogP contribution in [-0.2, 0) is 37.5 Å². The number of ether oxygens (including phenoxy) is 2. The lowest BCUT2D eigenvalue weighted by Gasteiger charge is -2.28. The van der Waals surface area contributed by atoms with Gasteiger partial charge in [0.1, 0.15) is 25.5 Å². The zero-order valence-corrected chi connectivity index (χ0v) is 39.8. The smallest absolute Gasteiger partial charge is 0.306 e. The topological polar surface area (TPSA) is 189 Å². The van der Waals surface area contributed by atoms with Gasteiger partial charge in [0.05, 0.1) is 46.1 Å². The van der Waals surface area contributed by atoms with E-state index in [1.165, 1.54) is 19.3 Å². The summed E-state index contributed by atoms with van der Waals surface area (Å²) in [5.74, 6) is -2.18. The number of nitrogens with zero attached hydrogens (tertiary/aromatic N) is 1. The molecular formula is C48H84NO12P. The number of phosphoric ester groups is 1. The van der Waals surface area contributed by atoms with E-state index in [9.17, 15) is 39.2 Å². The fourth-order valence-corrected chi connectivity index (χ4v) is 7.74. The lowest BCUT2D eigenvalue weighted by atomic mass is 9.87. The largest absolute Gasteiger partial charge is 0.756 e. The van der Waals surface area contributed by atoms with Crippen LogP contribution in [0.25, 0.3) is 0 Å². The molecule has 7 atom stereocenters. The van der Waals surface area contributed by atoms with Crippen LogP contribution in [0.2, 0.25) is 0 Å². The highest BCUT2D eigenvalue weighted by Crippen LogP contribution is 2.39. The van der Waals surface area contributed by atoms with Gasteiger partial charge in [-0.25, -0.2) is 0 Å². The first-order valence-electron chi connectivity index (χ1n) is 23.5. The molecule has 0 aromatic heterocycles. The van der Waals surface area contributed by atoms with E-state index in [2.05, 4.69) is 50.3 Å². The summed E-state index contributed by atoms with van der Waals surface area (Å²) in [5, 5.41) is 31.4. The molecule has 1 aliphatic carbocycles. The molecule has 13 nitrogen and oxygen atoms in total. The first-order chi connectivity index (χ1) is 29.6. The molecule has 3 N–H and O–H groups in total. The molecule has 0 aliphatic heterocycles. The Bertz CT molecular complexity index is 1380. The maximum Gasteiger partial charge on any atom is 0.306 e. The average Bonchev–Trinajstić information content (AvgIpc) is 3.47. The second-order valence-corrected chi connectivity index (χ2v) is 19.1. The second-order valence-electron chi connectivity index (χ2n) is 17.7. The van der Waals surface area contributed by atoms with Crippen LogP contribution in [0.5, 0.6) is 0 Å². The van der Waals surface area contributed by atoms with Gasteiger partial charge in [0.2, 0.25) is 0 Å². The van der Waals surface area contributed by atoms with Gasteiger partial charge in [-0.1, -0.05) is 107 Å². The Balaban J connectivity index is 2.52. The molecule has 1 rings (SSSR count). The summed E-state index contributed by atoms with van der Waals surface area (Å²) in [6.07, 6.45) is 29.1. The number of carbonyl (C=O) groups is 3. The van der Waals surface area contributed by atoms with Crippen molar-refractivity contribution >= 4 is 25.5 Å². The molecule has 14 heteroatoms. The van der Waals surface area contributed by atoms with E-state index >= 15 is 0 Å². The van der Waals surface area contributed by atoms with Crippen LogP contribution < -0.4 is 4.89 Å². The van der Waals surface area contributed by atoms with Gasteiger partial charge in [0.15, 0.2) is 6.10 Å². The van der Waals surface area contributed by atoms with Crippen LogP contribution in [0.15, 0.2) is 48.6 Å². The summed E-state index contributed by atoms with van der Waals surface area (Å²) in [6.45, 7) is 3.62. The predicted octanol–water partition coefficient (Wildman–Crippen LogP) is 8.39. The Labute approximate surface area is 374 Å². The van der Waals surface area contributed by atoms with Gasteiger partial charge < -0.3 is 43.2 Å². The Kier molecular flexibility index (Phi) is 32.4. The van der Waals surface area contributed by atoms with Crippen molar-refractivity contribution in [2.45, 2.75) is 180 Å². The molecule has 0 radical (unpaired) electrons. The molecule has 1 aliphatic rings. The maximum absolute atomic E-state index is 12.9. The summed E-state index contributed by atoms with van der Waals surface area (Å²) < 4.78 is 33.8. The Morgan fingerprint density at radius 3 is 1.98 bits per heavy atom. The minimum absolute atomic E-state index is 0.0632. The monoisotopic (exact) mass is 898 g/mol. The van der Waals surface area contributed by atoms with Crippen molar-refractivity contribution in [3.63, 3.8) is 0 Å². The molecule has 0 spiro atoms. The van der Waals surface area contributed by atoms with Gasteiger partial charge in [-0.05, 0) is 64.2 Å². The van der Waals surface area contributed by atoms with E-state index in [4.69, 9.17) is 18.5 Å². The minimum atomic E-state index is -4.74. The average molecular weight is 898 g/mol. The van der Waals surface area contributed by atoms with E-state index in [1.54, 1.807) is 12.2 Å². The number of unbranched alkanes of at least 4 members (excludes halogenated alkanes) is 10. The van der Waals surface area contributed by atoms with Gasteiger partial charge in [-0.15, -0.1) is 0 Å². The number of quaternary nitrogens is 1. The van der Waals surface area contributed by atoms with Crippen molar-refractivity contribution in [1.82, 2.24) is 0 Å². The maximum atomic E-state index is 12.9. The third kappa shape index (κ3) is 31.4. The van der Waals surface area contributed by atoms with E-state index in [0.29, 0.717) is 36.7 Å². The van der Waals surface area contributed by atoms with Crippen LogP contribution in [0.1, 0.15) is 155 Å². The number of rotatable bonds is 38. The minimum Gasteiger partial charge on any atom is -0.756 e. The highest BCUT2D eigenvalue weighted by Gasteiger charge is 2.41. The number of carbonyl (C=O) groups excluding carboxylic acids is 3. The van der Waals surface area contributed by atoms with Crippen molar-refractivity contribution in [1.29, 1.82) is 0 Å². The molecule has 1 unspecified atom stereocenters. The van der Waals surface area contributed by atoms with Crippen LogP contribution in [0.4, 0.5) is 0 Å². The molecule has 0 saturated heterocycles. The fraction of sp³-hybridized carbons (Fsp3) is 0.771. The lowest BCUT2D eigenvalue weighted by molar-refractivity contribution is -0.870. The van der Waals surface area contributed by atoms with E-state index < -0.39 is 69.2 Å². The molecule has 0 aromatic carbocycles. The van der Waals surface area contributed by atoms with Gasteiger partial charge in [-0.2, -0.15) is 0 Å². The van der Waals surface area contributed by atoms with Crippen molar-refractivity contribution < 1.29 is 62.2 Å². The quantitative estimate of drug-likeness (QED) is 0.0177. The molecule has 358 valence electrons. The highest BCUT2D eigenvalue weighted by molar-refractivity contribution is 7.45. The van der Waals surface area contributed by atoms with Crippen LogP contribution in [-0.4, -0.2) is 109 Å². The Morgan fingerprint density at radius 1 is 0.742 bits per heavy atom. The van der Waals surface area contributed by atoms with Crippen molar-refractivity contribution in [3.8, 4) is 0 Å². The molecular weight excluding hydrogens is 813 g/mol. The SMILES string of the molecule is CCCCC/C=C\C/C=C\C/C=C\CCCCCCC(=O)OC[C@H](COP(=O)([O-])OCC[N+](C)(C)C)OC(=O)CCCCC(=O)C[C@@H]1[C@@H](/C=C/[C@@H](O)CCCCC)[C@H](O)C[C@@H]1O. The van der Waals surface area contributed by atoms with Crippen LogP contribution in [0, 0.1) is 11.8 Å². The number of aliphatic hydroxyl groups is 3. The first-order valence-corrected chi connectivity index (χ1v) is 25.0. The zero-order valence-electron chi connectivity index (χ0n) is 38.9. The van der Waals surface area contributed by atoms with E-state index in [1.807, 2.05) is 21.1 Å². The van der Waals surface area contributed by atoms with Gasteiger partial charge in [0, 0.05) is 43.9 Å². The number of likely N-dealkylation sites (N-methyl/N-ethyl adjacent to an activating group) is 1. The molecule has 1 saturated carbocycles. The number of aliphatic hydroxyl groups excluding tert-OH is 3. The lowest BCUT2D eigenvalue weighted by Crippen LogP contribution is -2.37. The number of ketones is 1. The molecule has 0 heterocycles. The third-order valence-corrected chi connectivity index (χ3v) is 11.8. The van der Waals surface area contributed by atoms with Crippen molar-refractivity contribution in [3.05, 3.63) is 48.6 Å². The summed E-state index contributed by atoms with van der Waals surface area (Å²) in [5.41, 5.74) is 0. The summed E-state index contributed by atoms with van der Waals surface area (Å²) in [4.78, 5) is 50.7. The van der Waals surface area contributed by atoms with Gasteiger partial charge in [0.25, 0.3) is 7.82 Å². The summed E-state index contributed by atoms with van der Waals surface area (Å²) in [7, 11) is 0.918. The normalized spacial score (nSPS) is 20.4. The van der Waals surface area contributed by atoms with Crippen LogP contribution in [0.3, 0.4) is 0 Å². The number of hydrogen-bond acceptors (Lipinski definition) is 12. The predicted molar refractivity (Wildman–Crippen MR) is 243 cm³/mol. The zero-order chi connectivity index (χ0) is 46.1. The highest BCUT2D eigenvalue weighted by atomic mass is 31.2. The first kappa shape index (κ1) is 57.5. The van der Waals surface area contributed by atoms with Gasteiger partial charge >= 0.3 is 11.9 Å². The molecule has 1 fully saturated rings. The third-order valence-electron chi connectivity index (χ3n) is 10.8. The van der Waals surface area contributed by atoms with Crippen molar-refractivity contribution in [2.75, 3.05) is 47.5 Å². The number of esters is 2. The number of allylic oxidation sites excluding steroid dienone is 6. The fourth-order valence-electron chi connectivity index (χ4n) is 7.01. The molecule has 62 heavy (non-hydrogen) atoms. The number of hydrogen-bond donors (Lipinski definition) is 3. The Morgan fingerprint density at radius 2 is 1.32 bits per heavy atom.